The molecule has 0 amide bonds. The van der Waals surface area contributed by atoms with Crippen LogP contribution in [0.2, 0.25) is 0 Å². The number of hydrogen-bond donors (Lipinski definition) is 2. The number of aromatic nitrogens is 2. The van der Waals surface area contributed by atoms with Gasteiger partial charge in [-0.25, -0.2) is 14.5 Å². The lowest BCUT2D eigenvalue weighted by Gasteiger charge is -2.26. The predicted molar refractivity (Wildman–Crippen MR) is 101 cm³/mol. The SMILES string of the molecule is Cc1ccc(NC2=N[C@@H](c3ccco3)n3c(nc(C)cc3=O)N2)c(C)c1. The molecule has 132 valence electrons. The molecule has 3 aromatic rings. The van der Waals surface area contributed by atoms with Gasteiger partial charge >= 0.3 is 0 Å². The van der Waals surface area contributed by atoms with Crippen LogP contribution in [0.3, 0.4) is 0 Å². The summed E-state index contributed by atoms with van der Waals surface area (Å²) in [4.78, 5) is 21.6. The summed E-state index contributed by atoms with van der Waals surface area (Å²) in [6, 6.07) is 11.2. The molecular weight excluding hydrogens is 330 g/mol. The van der Waals surface area contributed by atoms with Gasteiger partial charge in [0.15, 0.2) is 6.17 Å². The van der Waals surface area contributed by atoms with Crippen molar-refractivity contribution >= 4 is 17.6 Å². The van der Waals surface area contributed by atoms with Crippen LogP contribution in [-0.2, 0) is 0 Å². The van der Waals surface area contributed by atoms with Crippen LogP contribution < -0.4 is 16.2 Å². The molecule has 0 aliphatic carbocycles. The maximum absolute atomic E-state index is 12.5. The second-order valence-corrected chi connectivity index (χ2v) is 6.36. The normalized spacial score (nSPS) is 15.8. The molecule has 0 saturated carbocycles. The fourth-order valence-electron chi connectivity index (χ4n) is 3.02. The van der Waals surface area contributed by atoms with Crippen LogP contribution in [-0.4, -0.2) is 15.5 Å². The number of rotatable bonds is 2. The average Bonchev–Trinajstić information content (AvgIpc) is 3.10. The molecule has 0 fully saturated rings. The second kappa shape index (κ2) is 6.18. The molecule has 2 N–H and O–H groups in total. The zero-order valence-corrected chi connectivity index (χ0v) is 14.8. The van der Waals surface area contributed by atoms with Gasteiger partial charge in [-0.2, -0.15) is 0 Å². The highest BCUT2D eigenvalue weighted by Gasteiger charge is 2.27. The van der Waals surface area contributed by atoms with Gasteiger partial charge in [0.2, 0.25) is 11.9 Å². The first-order valence-corrected chi connectivity index (χ1v) is 8.34. The highest BCUT2D eigenvalue weighted by Crippen LogP contribution is 2.26. The molecule has 3 heterocycles. The van der Waals surface area contributed by atoms with Crippen molar-refractivity contribution in [2.45, 2.75) is 26.9 Å². The summed E-state index contributed by atoms with van der Waals surface area (Å²) < 4.78 is 6.99. The van der Waals surface area contributed by atoms with Gasteiger partial charge in [0.25, 0.3) is 5.56 Å². The Hall–Kier alpha value is -3.35. The Balaban J connectivity index is 1.78. The fraction of sp³-hybridized carbons (Fsp3) is 0.211. The first-order valence-electron chi connectivity index (χ1n) is 8.34. The Bertz CT molecular complexity index is 1050. The number of benzene rings is 1. The topological polar surface area (TPSA) is 84.5 Å². The third-order valence-corrected chi connectivity index (χ3v) is 4.24. The Morgan fingerprint density at radius 2 is 2.04 bits per heavy atom. The van der Waals surface area contributed by atoms with Crippen molar-refractivity contribution in [3.8, 4) is 0 Å². The smallest absolute Gasteiger partial charge is 0.257 e. The Morgan fingerprint density at radius 1 is 1.19 bits per heavy atom. The number of nitrogens with one attached hydrogen (secondary N) is 2. The number of aryl methyl sites for hydroxylation is 3. The van der Waals surface area contributed by atoms with E-state index in [0.29, 0.717) is 23.4 Å². The highest BCUT2D eigenvalue weighted by molar-refractivity contribution is 6.03. The number of anilines is 2. The molecule has 1 aliphatic heterocycles. The van der Waals surface area contributed by atoms with Crippen LogP contribution in [0.25, 0.3) is 0 Å². The van der Waals surface area contributed by atoms with E-state index in [2.05, 4.69) is 33.6 Å². The van der Waals surface area contributed by atoms with Gasteiger partial charge in [-0.3, -0.25) is 10.1 Å². The van der Waals surface area contributed by atoms with Crippen molar-refractivity contribution < 1.29 is 4.42 Å². The summed E-state index contributed by atoms with van der Waals surface area (Å²) in [6.45, 7) is 5.87. The van der Waals surface area contributed by atoms with Crippen molar-refractivity contribution in [2.75, 3.05) is 10.6 Å². The molecule has 1 aliphatic rings. The van der Waals surface area contributed by atoms with E-state index in [4.69, 9.17) is 4.42 Å². The first-order chi connectivity index (χ1) is 12.5. The van der Waals surface area contributed by atoms with E-state index in [9.17, 15) is 4.79 Å². The molecular formula is C19H19N5O2. The van der Waals surface area contributed by atoms with Crippen molar-refractivity contribution in [1.29, 1.82) is 0 Å². The predicted octanol–water partition coefficient (Wildman–Crippen LogP) is 3.20. The molecule has 0 saturated heterocycles. The second-order valence-electron chi connectivity index (χ2n) is 6.36. The van der Waals surface area contributed by atoms with E-state index < -0.39 is 6.17 Å². The molecule has 4 rings (SSSR count). The maximum atomic E-state index is 12.5. The number of hydrogen-bond acceptors (Lipinski definition) is 6. The van der Waals surface area contributed by atoms with Gasteiger partial charge in [-0.1, -0.05) is 17.7 Å². The van der Waals surface area contributed by atoms with Crippen LogP contribution in [0.1, 0.15) is 28.7 Å². The van der Waals surface area contributed by atoms with Gasteiger partial charge in [-0.15, -0.1) is 0 Å². The number of aliphatic imine (C=N–C) groups is 1. The quantitative estimate of drug-likeness (QED) is 0.742. The van der Waals surface area contributed by atoms with Gasteiger partial charge in [-0.05, 0) is 44.5 Å². The fourth-order valence-corrected chi connectivity index (χ4v) is 3.02. The summed E-state index contributed by atoms with van der Waals surface area (Å²) in [5, 5.41) is 6.40. The minimum Gasteiger partial charge on any atom is -0.465 e. The molecule has 1 aromatic carbocycles. The standard InChI is InChI=1S/C19H19N5O2/c1-11-6-7-14(12(2)9-11)21-18-22-17(15-5-4-8-26-15)24-16(25)10-13(3)20-19(24)23-18/h4-10,17H,1-3H3,(H2,20,21,22,23)/t17-/m1/s1. The van der Waals surface area contributed by atoms with Crippen molar-refractivity contribution in [3.05, 3.63) is 75.6 Å². The van der Waals surface area contributed by atoms with Crippen LogP contribution in [0, 0.1) is 20.8 Å². The molecule has 7 nitrogen and oxygen atoms in total. The molecule has 0 spiro atoms. The van der Waals surface area contributed by atoms with E-state index in [-0.39, 0.29) is 5.56 Å². The average molecular weight is 349 g/mol. The lowest BCUT2D eigenvalue weighted by Crippen LogP contribution is -2.37. The third kappa shape index (κ3) is 2.88. The molecule has 1 atom stereocenters. The molecule has 0 unspecified atom stereocenters. The Morgan fingerprint density at radius 3 is 2.77 bits per heavy atom. The van der Waals surface area contributed by atoms with E-state index >= 15 is 0 Å². The van der Waals surface area contributed by atoms with Gasteiger partial charge in [0, 0.05) is 17.4 Å². The lowest BCUT2D eigenvalue weighted by molar-refractivity contribution is 0.427. The number of nitrogens with zero attached hydrogens (tertiary/aromatic N) is 3. The molecule has 7 heteroatoms. The van der Waals surface area contributed by atoms with Crippen molar-refractivity contribution in [3.63, 3.8) is 0 Å². The van der Waals surface area contributed by atoms with Gasteiger partial charge in [0.05, 0.1) is 6.26 Å². The van der Waals surface area contributed by atoms with Crippen LogP contribution in [0.4, 0.5) is 11.6 Å². The van der Waals surface area contributed by atoms with E-state index in [1.54, 1.807) is 25.3 Å². The molecule has 0 bridgehead atoms. The largest absolute Gasteiger partial charge is 0.465 e. The summed E-state index contributed by atoms with van der Waals surface area (Å²) in [5.74, 6) is 1.51. The van der Waals surface area contributed by atoms with Crippen LogP contribution in [0.15, 0.2) is 56.9 Å². The Kier molecular flexibility index (Phi) is 3.84. The van der Waals surface area contributed by atoms with Gasteiger partial charge in [0.1, 0.15) is 5.76 Å². The van der Waals surface area contributed by atoms with Crippen molar-refractivity contribution in [1.82, 2.24) is 9.55 Å². The van der Waals surface area contributed by atoms with E-state index in [1.165, 1.54) is 16.2 Å². The van der Waals surface area contributed by atoms with E-state index in [1.807, 2.05) is 19.1 Å². The molecule has 26 heavy (non-hydrogen) atoms. The summed E-state index contributed by atoms with van der Waals surface area (Å²) in [5.41, 5.74) is 3.68. The number of furan rings is 1. The maximum Gasteiger partial charge on any atom is 0.257 e. The monoisotopic (exact) mass is 349 g/mol. The summed E-state index contributed by atoms with van der Waals surface area (Å²) in [6.07, 6.45) is 0.950. The minimum atomic E-state index is -0.616. The number of guanidine groups is 1. The third-order valence-electron chi connectivity index (χ3n) is 4.24. The Labute approximate surface area is 150 Å². The van der Waals surface area contributed by atoms with Gasteiger partial charge < -0.3 is 9.73 Å². The zero-order valence-electron chi connectivity index (χ0n) is 14.8. The summed E-state index contributed by atoms with van der Waals surface area (Å²) in [7, 11) is 0. The van der Waals surface area contributed by atoms with Crippen molar-refractivity contribution in [2.24, 2.45) is 4.99 Å². The lowest BCUT2D eigenvalue weighted by atomic mass is 10.1. The highest BCUT2D eigenvalue weighted by atomic mass is 16.3. The number of fused-ring (bicyclic) bond motifs is 1. The zero-order chi connectivity index (χ0) is 18.3. The molecule has 2 aromatic heterocycles. The first kappa shape index (κ1) is 16.1. The summed E-state index contributed by atoms with van der Waals surface area (Å²) >= 11 is 0. The molecule has 0 radical (unpaired) electrons. The van der Waals surface area contributed by atoms with E-state index in [0.717, 1.165) is 11.3 Å². The van der Waals surface area contributed by atoms with Crippen LogP contribution >= 0.6 is 0 Å². The minimum absolute atomic E-state index is 0.185. The van der Waals surface area contributed by atoms with Crippen LogP contribution in [0.5, 0.6) is 0 Å².